The van der Waals surface area contributed by atoms with Gasteiger partial charge in [-0.3, -0.25) is 9.78 Å². The molecule has 1 aromatic carbocycles. The van der Waals surface area contributed by atoms with Gasteiger partial charge in [0.05, 0.1) is 10.3 Å². The monoisotopic (exact) mass is 490 g/mol. The average Bonchev–Trinajstić information content (AvgIpc) is 2.89. The Morgan fingerprint density at radius 3 is 2.63 bits per heavy atom. The Balaban J connectivity index is 1.31. The van der Waals surface area contributed by atoms with Crippen molar-refractivity contribution in [2.75, 3.05) is 24.8 Å². The maximum Gasteiger partial charge on any atom is 0.326 e. The summed E-state index contributed by atoms with van der Waals surface area (Å²) in [5.74, 6) is -0.136. The summed E-state index contributed by atoms with van der Waals surface area (Å²) in [6.45, 7) is 1.01. The minimum Gasteiger partial charge on any atom is -0.480 e. The van der Waals surface area contributed by atoms with Crippen LogP contribution in [0, 0.1) is 5.41 Å². The maximum atomic E-state index is 12.8. The molecule has 0 saturated carbocycles. The van der Waals surface area contributed by atoms with E-state index < -0.39 is 17.4 Å². The third-order valence-electron chi connectivity index (χ3n) is 6.74. The molecular formula is C26H26N4O4S. The Hall–Kier alpha value is -3.43. The Morgan fingerprint density at radius 2 is 1.91 bits per heavy atom. The highest BCUT2D eigenvalue weighted by atomic mass is 32.2. The van der Waals surface area contributed by atoms with Crippen molar-refractivity contribution >= 4 is 45.8 Å². The van der Waals surface area contributed by atoms with Crippen molar-refractivity contribution in [3.63, 3.8) is 0 Å². The molecule has 9 heteroatoms. The number of aromatic nitrogens is 2. The molecule has 1 aliphatic carbocycles. The normalized spacial score (nSPS) is 17.8. The number of fused-ring (bicyclic) bond motifs is 1. The van der Waals surface area contributed by atoms with Crippen LogP contribution >= 0.6 is 11.8 Å². The van der Waals surface area contributed by atoms with E-state index in [-0.39, 0.29) is 12.2 Å². The molecule has 0 bridgehead atoms. The molecule has 3 aromatic rings. The van der Waals surface area contributed by atoms with Crippen LogP contribution in [-0.2, 0) is 20.7 Å². The second-order valence-electron chi connectivity index (χ2n) is 8.75. The minimum absolute atomic E-state index is 0.104. The largest absolute Gasteiger partial charge is 0.480 e. The molecule has 0 amide bonds. The Bertz CT molecular complexity index is 1300. The molecular weight excluding hydrogens is 464 g/mol. The first-order valence-electron chi connectivity index (χ1n) is 11.5. The van der Waals surface area contributed by atoms with Crippen LogP contribution in [0.4, 0.5) is 11.5 Å². The fourth-order valence-corrected chi connectivity index (χ4v) is 5.61. The lowest BCUT2D eigenvalue weighted by atomic mass is 9.65. The molecule has 2 aliphatic rings. The number of pyridine rings is 2. The average molecular weight is 491 g/mol. The molecule has 1 saturated heterocycles. The lowest BCUT2D eigenvalue weighted by Gasteiger charge is -2.46. The number of anilines is 2. The number of nitrogens with zero attached hydrogens (tertiary/aromatic N) is 2. The first kappa shape index (κ1) is 23.3. The van der Waals surface area contributed by atoms with E-state index in [0.29, 0.717) is 36.8 Å². The first-order chi connectivity index (χ1) is 17.0. The fourth-order valence-electron chi connectivity index (χ4n) is 4.78. The number of hydrogen-bond acceptors (Lipinski definition) is 8. The molecule has 1 aliphatic heterocycles. The number of carbonyl (C=O) groups excluding carboxylic acids is 1. The molecule has 8 nitrogen and oxygen atoms in total. The molecule has 1 atom stereocenters. The van der Waals surface area contributed by atoms with Crippen LogP contribution < -0.4 is 10.6 Å². The zero-order valence-electron chi connectivity index (χ0n) is 19.3. The van der Waals surface area contributed by atoms with Crippen LogP contribution in [0.5, 0.6) is 0 Å². The molecule has 35 heavy (non-hydrogen) atoms. The van der Waals surface area contributed by atoms with Gasteiger partial charge in [0.1, 0.15) is 11.9 Å². The lowest BCUT2D eigenvalue weighted by Crippen LogP contribution is -2.55. The number of aliphatic carboxylic acids is 1. The Labute approximate surface area is 207 Å². The van der Waals surface area contributed by atoms with Crippen molar-refractivity contribution in [2.45, 2.75) is 25.3 Å². The molecule has 5 rings (SSSR count). The molecule has 0 unspecified atom stereocenters. The number of allylic oxidation sites excluding steroid dienone is 2. The van der Waals surface area contributed by atoms with E-state index in [1.165, 1.54) is 11.8 Å². The van der Waals surface area contributed by atoms with Gasteiger partial charge in [0, 0.05) is 55.0 Å². The second kappa shape index (κ2) is 9.67. The number of ether oxygens (including phenoxy) is 1. The minimum atomic E-state index is -0.950. The standard InChI is InChI=1S/C26H26N4O4S/c1-35-21-22(26(23(21)31)8-12-34-13-9-26)30-20(25(32)33)14-16-2-4-18(5-3-16)29-24-19-15-27-10-6-17(19)7-11-28-24/h2-7,10-11,15,20,30H,8-9,12-14H2,1H3,(H,28,29)(H,32,33)/t20-/m0/s1. The number of nitrogens with one attached hydrogen (secondary N) is 2. The summed E-state index contributed by atoms with van der Waals surface area (Å²) in [4.78, 5) is 34.2. The molecule has 180 valence electrons. The number of Topliss-reactive ketones (excluding diaryl/α,β-unsaturated/α-hetero) is 1. The predicted octanol–water partition coefficient (Wildman–Crippen LogP) is 3.91. The third-order valence-corrected chi connectivity index (χ3v) is 7.54. The number of hydrogen-bond donors (Lipinski definition) is 3. The summed E-state index contributed by atoms with van der Waals surface area (Å²) < 4.78 is 5.45. The summed E-state index contributed by atoms with van der Waals surface area (Å²) in [5, 5.41) is 18.4. The van der Waals surface area contributed by atoms with E-state index in [0.717, 1.165) is 27.7 Å². The second-order valence-corrected chi connectivity index (χ2v) is 9.57. The number of thioether (sulfide) groups is 1. The van der Waals surface area contributed by atoms with Crippen molar-refractivity contribution in [3.8, 4) is 0 Å². The quantitative estimate of drug-likeness (QED) is 0.432. The van der Waals surface area contributed by atoms with Gasteiger partial charge in [0.15, 0.2) is 5.78 Å². The number of rotatable bonds is 8. The summed E-state index contributed by atoms with van der Waals surface area (Å²) in [6, 6.07) is 10.6. The van der Waals surface area contributed by atoms with E-state index in [9.17, 15) is 14.7 Å². The van der Waals surface area contributed by atoms with Crippen molar-refractivity contribution in [2.24, 2.45) is 5.41 Å². The highest BCUT2D eigenvalue weighted by Crippen LogP contribution is 2.52. The Kier molecular flexibility index (Phi) is 6.44. The van der Waals surface area contributed by atoms with Gasteiger partial charge in [-0.05, 0) is 54.3 Å². The highest BCUT2D eigenvalue weighted by molar-refractivity contribution is 8.03. The van der Waals surface area contributed by atoms with Gasteiger partial charge in [-0.2, -0.15) is 0 Å². The number of benzene rings is 1. The summed E-state index contributed by atoms with van der Waals surface area (Å²) in [6.07, 6.45) is 8.58. The van der Waals surface area contributed by atoms with Gasteiger partial charge in [0.2, 0.25) is 0 Å². The van der Waals surface area contributed by atoms with Crippen LogP contribution in [0.25, 0.3) is 10.8 Å². The SMILES string of the molecule is CSC1=C(N[C@@H](Cc2ccc(Nc3nccc4ccncc34)cc2)C(=O)O)C2(CCOCC2)C1=O. The predicted molar refractivity (Wildman–Crippen MR) is 136 cm³/mol. The van der Waals surface area contributed by atoms with Crippen LogP contribution in [0.2, 0.25) is 0 Å². The van der Waals surface area contributed by atoms with Crippen LogP contribution in [0.1, 0.15) is 18.4 Å². The van der Waals surface area contributed by atoms with Gasteiger partial charge in [-0.1, -0.05) is 12.1 Å². The van der Waals surface area contributed by atoms with Crippen molar-refractivity contribution in [1.82, 2.24) is 15.3 Å². The summed E-state index contributed by atoms with van der Waals surface area (Å²) in [7, 11) is 0. The van der Waals surface area contributed by atoms with Gasteiger partial charge in [0.25, 0.3) is 0 Å². The molecule has 1 spiro atoms. The molecule has 2 aromatic heterocycles. The summed E-state index contributed by atoms with van der Waals surface area (Å²) >= 11 is 1.37. The van der Waals surface area contributed by atoms with E-state index in [4.69, 9.17) is 4.74 Å². The van der Waals surface area contributed by atoms with Crippen molar-refractivity contribution in [3.05, 3.63) is 71.2 Å². The Morgan fingerprint density at radius 1 is 1.17 bits per heavy atom. The lowest BCUT2D eigenvalue weighted by molar-refractivity contribution is -0.140. The maximum absolute atomic E-state index is 12.8. The summed E-state index contributed by atoms with van der Waals surface area (Å²) in [5.41, 5.74) is 1.86. The van der Waals surface area contributed by atoms with E-state index in [1.807, 2.05) is 42.7 Å². The first-order valence-corrected chi connectivity index (χ1v) is 12.7. The van der Waals surface area contributed by atoms with Gasteiger partial charge < -0.3 is 20.5 Å². The zero-order valence-corrected chi connectivity index (χ0v) is 20.1. The van der Waals surface area contributed by atoms with Crippen molar-refractivity contribution < 1.29 is 19.4 Å². The van der Waals surface area contributed by atoms with Crippen LogP contribution in [-0.4, -0.2) is 52.3 Å². The zero-order chi connectivity index (χ0) is 24.4. The van der Waals surface area contributed by atoms with E-state index in [1.54, 1.807) is 18.6 Å². The fraction of sp³-hybridized carbons (Fsp3) is 0.308. The molecule has 1 fully saturated rings. The van der Waals surface area contributed by atoms with Gasteiger partial charge in [-0.15, -0.1) is 11.8 Å². The number of carboxylic acids is 1. The molecule has 0 radical (unpaired) electrons. The topological polar surface area (TPSA) is 113 Å². The van der Waals surface area contributed by atoms with E-state index in [2.05, 4.69) is 20.6 Å². The van der Waals surface area contributed by atoms with Gasteiger partial charge >= 0.3 is 5.97 Å². The highest BCUT2D eigenvalue weighted by Gasteiger charge is 2.54. The number of ketones is 1. The number of carboxylic acid groups (broad SMARTS) is 1. The van der Waals surface area contributed by atoms with Gasteiger partial charge in [-0.25, -0.2) is 9.78 Å². The molecule has 3 heterocycles. The smallest absolute Gasteiger partial charge is 0.326 e. The number of carbonyl (C=O) groups is 2. The van der Waals surface area contributed by atoms with Crippen LogP contribution in [0.15, 0.2) is 65.6 Å². The molecule has 3 N–H and O–H groups in total. The van der Waals surface area contributed by atoms with Crippen LogP contribution in [0.3, 0.4) is 0 Å². The van der Waals surface area contributed by atoms with Crippen molar-refractivity contribution in [1.29, 1.82) is 0 Å². The van der Waals surface area contributed by atoms with E-state index >= 15 is 0 Å². The third kappa shape index (κ3) is 4.37.